The number of hydrogen-bond acceptors (Lipinski definition) is 4. The third kappa shape index (κ3) is 2.46. The molecule has 0 atom stereocenters. The van der Waals surface area contributed by atoms with Crippen LogP contribution in [0.15, 0.2) is 35.9 Å². The van der Waals surface area contributed by atoms with Gasteiger partial charge in [-0.1, -0.05) is 30.3 Å². The van der Waals surface area contributed by atoms with Gasteiger partial charge in [0.2, 0.25) is 0 Å². The Balaban J connectivity index is 2.65. The Morgan fingerprint density at radius 3 is 2.10 bits per heavy atom. The van der Waals surface area contributed by atoms with E-state index in [4.69, 9.17) is 0 Å². The van der Waals surface area contributed by atoms with E-state index >= 15 is 0 Å². The number of esters is 1. The highest BCUT2D eigenvalue weighted by Gasteiger charge is 2.47. The van der Waals surface area contributed by atoms with Crippen LogP contribution in [-0.2, 0) is 19.1 Å². The fourth-order valence-corrected chi connectivity index (χ4v) is 2.30. The Bertz CT molecular complexity index is 638. The summed E-state index contributed by atoms with van der Waals surface area (Å²) in [5.74, 6) is -1.88. The van der Waals surface area contributed by atoms with E-state index in [1.165, 1.54) is 7.11 Å². The number of carbonyl (C=O) groups excluding carboxylic acids is 3. The van der Waals surface area contributed by atoms with E-state index in [2.05, 4.69) is 4.74 Å². The molecular weight excluding hydrogens is 270 g/mol. The fraction of sp³-hybridized carbons (Fsp3) is 0.312. The van der Waals surface area contributed by atoms with Crippen molar-refractivity contribution in [2.24, 2.45) is 0 Å². The number of benzene rings is 1. The van der Waals surface area contributed by atoms with Gasteiger partial charge in [-0.15, -0.1) is 0 Å². The number of carbonyl (C=O) groups is 3. The minimum atomic E-state index is -0.793. The molecule has 0 radical (unpaired) electrons. The molecule has 0 fully saturated rings. The highest BCUT2D eigenvalue weighted by molar-refractivity contribution is 6.43. The Morgan fingerprint density at radius 2 is 1.62 bits per heavy atom. The summed E-state index contributed by atoms with van der Waals surface area (Å²) < 4.78 is 4.67. The number of amides is 2. The van der Waals surface area contributed by atoms with Crippen molar-refractivity contribution in [3.8, 4) is 0 Å². The molecule has 0 bridgehead atoms. The average Bonchev–Trinajstić information content (AvgIpc) is 2.69. The number of imide groups is 1. The Morgan fingerprint density at radius 1 is 1.05 bits per heavy atom. The first-order chi connectivity index (χ1) is 9.79. The van der Waals surface area contributed by atoms with E-state index in [1.807, 2.05) is 0 Å². The lowest BCUT2D eigenvalue weighted by atomic mass is 10.0. The summed E-state index contributed by atoms with van der Waals surface area (Å²) >= 11 is 0. The minimum absolute atomic E-state index is 0.0994. The highest BCUT2D eigenvalue weighted by atomic mass is 16.5. The van der Waals surface area contributed by atoms with E-state index in [0.29, 0.717) is 5.56 Å². The first-order valence-corrected chi connectivity index (χ1v) is 6.56. The lowest BCUT2D eigenvalue weighted by Gasteiger charge is -2.30. The molecule has 0 N–H and O–H groups in total. The lowest BCUT2D eigenvalue weighted by molar-refractivity contribution is -0.144. The molecule has 0 aliphatic carbocycles. The second-order valence-corrected chi connectivity index (χ2v) is 5.72. The van der Waals surface area contributed by atoms with Crippen molar-refractivity contribution >= 4 is 23.4 Å². The predicted octanol–water partition coefficient (Wildman–Crippen LogP) is 1.78. The second-order valence-electron chi connectivity index (χ2n) is 5.72. The van der Waals surface area contributed by atoms with Gasteiger partial charge in [-0.25, -0.2) is 4.79 Å². The zero-order valence-electron chi connectivity index (χ0n) is 12.5. The van der Waals surface area contributed by atoms with Gasteiger partial charge in [-0.2, -0.15) is 0 Å². The van der Waals surface area contributed by atoms with Crippen LogP contribution in [0.3, 0.4) is 0 Å². The molecule has 21 heavy (non-hydrogen) atoms. The number of ether oxygens (including phenoxy) is 1. The summed E-state index contributed by atoms with van der Waals surface area (Å²) in [6.07, 6.45) is 0. The maximum absolute atomic E-state index is 12.6. The molecule has 1 aliphatic rings. The summed E-state index contributed by atoms with van der Waals surface area (Å²) in [5, 5.41) is 0. The van der Waals surface area contributed by atoms with Crippen LogP contribution in [0.1, 0.15) is 26.3 Å². The van der Waals surface area contributed by atoms with Gasteiger partial charge in [0.05, 0.1) is 12.7 Å². The maximum Gasteiger partial charge on any atom is 0.344 e. The van der Waals surface area contributed by atoms with Crippen molar-refractivity contribution in [3.63, 3.8) is 0 Å². The first-order valence-electron chi connectivity index (χ1n) is 6.56. The summed E-state index contributed by atoms with van der Waals surface area (Å²) in [4.78, 5) is 38.2. The van der Waals surface area contributed by atoms with Gasteiger partial charge in [0.15, 0.2) is 0 Å². The normalized spacial score (nSPS) is 15.7. The molecule has 1 heterocycles. The SMILES string of the molecule is COC(=O)C1=C(c2ccccc2)C(=O)N(C(C)(C)C)C1=O. The zero-order chi connectivity index (χ0) is 15.8. The van der Waals surface area contributed by atoms with Crippen molar-refractivity contribution in [1.82, 2.24) is 4.90 Å². The summed E-state index contributed by atoms with van der Waals surface area (Å²) in [5.41, 5.74) is -0.293. The maximum atomic E-state index is 12.6. The fourth-order valence-electron chi connectivity index (χ4n) is 2.30. The molecule has 0 saturated carbocycles. The van der Waals surface area contributed by atoms with Crippen LogP contribution in [0.5, 0.6) is 0 Å². The second kappa shape index (κ2) is 5.16. The van der Waals surface area contributed by atoms with Crippen LogP contribution in [0, 0.1) is 0 Å². The van der Waals surface area contributed by atoms with Crippen LogP contribution < -0.4 is 0 Å². The third-order valence-electron chi connectivity index (χ3n) is 3.21. The molecule has 5 nitrogen and oxygen atoms in total. The molecule has 0 saturated heterocycles. The first kappa shape index (κ1) is 15.0. The van der Waals surface area contributed by atoms with Crippen LogP contribution in [-0.4, -0.2) is 35.3 Å². The van der Waals surface area contributed by atoms with Gasteiger partial charge in [-0.3, -0.25) is 14.5 Å². The van der Waals surface area contributed by atoms with Crippen LogP contribution in [0.25, 0.3) is 5.57 Å². The van der Waals surface area contributed by atoms with E-state index < -0.39 is 23.3 Å². The number of nitrogens with zero attached hydrogens (tertiary/aromatic N) is 1. The van der Waals surface area contributed by atoms with Crippen LogP contribution >= 0.6 is 0 Å². The van der Waals surface area contributed by atoms with Crippen LogP contribution in [0.2, 0.25) is 0 Å². The van der Waals surface area contributed by atoms with Crippen molar-refractivity contribution in [2.75, 3.05) is 7.11 Å². The smallest absolute Gasteiger partial charge is 0.344 e. The Hall–Kier alpha value is -2.43. The van der Waals surface area contributed by atoms with Gasteiger partial charge >= 0.3 is 5.97 Å². The Kier molecular flexibility index (Phi) is 3.68. The van der Waals surface area contributed by atoms with E-state index in [9.17, 15) is 14.4 Å². The minimum Gasteiger partial charge on any atom is -0.465 e. The van der Waals surface area contributed by atoms with Crippen molar-refractivity contribution in [1.29, 1.82) is 0 Å². The lowest BCUT2D eigenvalue weighted by Crippen LogP contribution is -2.46. The van der Waals surface area contributed by atoms with Gasteiger partial charge in [0, 0.05) is 5.54 Å². The molecule has 1 aromatic carbocycles. The summed E-state index contributed by atoms with van der Waals surface area (Å²) in [6, 6.07) is 8.67. The summed E-state index contributed by atoms with van der Waals surface area (Å²) in [7, 11) is 1.19. The quantitative estimate of drug-likeness (QED) is 0.472. The molecule has 0 unspecified atom stereocenters. The molecule has 1 aromatic rings. The molecule has 110 valence electrons. The molecule has 2 rings (SSSR count). The monoisotopic (exact) mass is 287 g/mol. The Labute approximate surface area is 123 Å². The largest absolute Gasteiger partial charge is 0.465 e. The van der Waals surface area contributed by atoms with Crippen molar-refractivity contribution in [2.45, 2.75) is 26.3 Å². The van der Waals surface area contributed by atoms with Crippen LogP contribution in [0.4, 0.5) is 0 Å². The molecule has 0 aromatic heterocycles. The van der Waals surface area contributed by atoms with Gasteiger partial charge < -0.3 is 4.74 Å². The molecular formula is C16H17NO4. The summed E-state index contributed by atoms with van der Waals surface area (Å²) in [6.45, 7) is 5.23. The molecule has 2 amide bonds. The van der Waals surface area contributed by atoms with Gasteiger partial charge in [0.25, 0.3) is 11.8 Å². The van der Waals surface area contributed by atoms with E-state index in [1.54, 1.807) is 51.1 Å². The number of hydrogen-bond donors (Lipinski definition) is 0. The zero-order valence-corrected chi connectivity index (χ0v) is 12.5. The number of methoxy groups -OCH3 is 1. The van der Waals surface area contributed by atoms with Crippen molar-refractivity contribution in [3.05, 3.63) is 41.5 Å². The standard InChI is InChI=1S/C16H17NO4/c1-16(2,3)17-13(18)11(10-8-6-5-7-9-10)12(14(17)19)15(20)21-4/h5-9H,1-4H3. The average molecular weight is 287 g/mol. The highest BCUT2D eigenvalue weighted by Crippen LogP contribution is 2.34. The third-order valence-corrected chi connectivity index (χ3v) is 3.21. The topological polar surface area (TPSA) is 63.7 Å². The molecule has 0 spiro atoms. The molecule has 1 aliphatic heterocycles. The molecule has 5 heteroatoms. The number of rotatable bonds is 2. The predicted molar refractivity (Wildman–Crippen MR) is 77.0 cm³/mol. The van der Waals surface area contributed by atoms with E-state index in [0.717, 1.165) is 4.90 Å². The van der Waals surface area contributed by atoms with E-state index in [-0.39, 0.29) is 11.1 Å². The van der Waals surface area contributed by atoms with Gasteiger partial charge in [-0.05, 0) is 26.3 Å². The van der Waals surface area contributed by atoms with Gasteiger partial charge in [0.1, 0.15) is 5.57 Å². The van der Waals surface area contributed by atoms with Crippen molar-refractivity contribution < 1.29 is 19.1 Å².